The third-order valence-corrected chi connectivity index (χ3v) is 3.43. The number of fused-ring (bicyclic) bond motifs is 1. The number of benzene rings is 1. The molecule has 0 aromatic heterocycles. The normalized spacial score (nSPS) is 20.2. The van der Waals surface area contributed by atoms with Crippen LogP contribution in [0.1, 0.15) is 18.4 Å². The van der Waals surface area contributed by atoms with Crippen LogP contribution in [0.5, 0.6) is 5.75 Å². The van der Waals surface area contributed by atoms with Crippen LogP contribution in [0.15, 0.2) is 18.2 Å². The van der Waals surface area contributed by atoms with Crippen LogP contribution >= 0.6 is 0 Å². The van der Waals surface area contributed by atoms with Crippen molar-refractivity contribution in [2.75, 3.05) is 25.1 Å². The average molecular weight is 218 g/mol. The highest BCUT2D eigenvalue weighted by Gasteiger charge is 2.31. The monoisotopic (exact) mass is 218 g/mol. The van der Waals surface area contributed by atoms with Gasteiger partial charge in [0.25, 0.3) is 0 Å². The zero-order valence-electron chi connectivity index (χ0n) is 9.70. The molecule has 1 N–H and O–H groups in total. The van der Waals surface area contributed by atoms with E-state index in [0.29, 0.717) is 0 Å². The minimum Gasteiger partial charge on any atom is -0.497 e. The average Bonchev–Trinajstić information content (AvgIpc) is 3.13. The second-order valence-corrected chi connectivity index (χ2v) is 4.60. The molecule has 1 aromatic rings. The molecule has 3 nitrogen and oxygen atoms in total. The predicted octanol–water partition coefficient (Wildman–Crippen LogP) is 1.77. The Morgan fingerprint density at radius 2 is 2.25 bits per heavy atom. The predicted molar refractivity (Wildman–Crippen MR) is 65.1 cm³/mol. The van der Waals surface area contributed by atoms with Crippen molar-refractivity contribution in [2.45, 2.75) is 25.4 Å². The van der Waals surface area contributed by atoms with Gasteiger partial charge in [0.15, 0.2) is 0 Å². The molecule has 1 aliphatic heterocycles. The molecule has 1 fully saturated rings. The van der Waals surface area contributed by atoms with E-state index in [1.165, 1.54) is 24.1 Å². The third kappa shape index (κ3) is 1.76. The molecule has 1 heterocycles. The number of ether oxygens (including phenoxy) is 1. The van der Waals surface area contributed by atoms with Gasteiger partial charge in [-0.3, -0.25) is 0 Å². The summed E-state index contributed by atoms with van der Waals surface area (Å²) in [5, 5.41) is 3.47. The lowest BCUT2D eigenvalue weighted by atomic mass is 10.1. The Bertz CT molecular complexity index is 388. The standard InChI is InChI=1S/C13H18N2O/c1-16-12-5-2-10-9-14-6-7-15(11-3-4-11)13(10)8-12/h2,5,8,11,14H,3-4,6-7,9H2,1H3. The van der Waals surface area contributed by atoms with E-state index in [1.54, 1.807) is 7.11 Å². The summed E-state index contributed by atoms with van der Waals surface area (Å²) in [5.74, 6) is 0.964. The molecule has 0 radical (unpaired) electrons. The second kappa shape index (κ2) is 3.98. The van der Waals surface area contributed by atoms with E-state index >= 15 is 0 Å². The maximum atomic E-state index is 5.32. The topological polar surface area (TPSA) is 24.5 Å². The molecule has 1 aromatic carbocycles. The lowest BCUT2D eigenvalue weighted by molar-refractivity contribution is 0.414. The third-order valence-electron chi connectivity index (χ3n) is 3.43. The summed E-state index contributed by atoms with van der Waals surface area (Å²) < 4.78 is 5.32. The molecule has 3 heteroatoms. The molecule has 1 aliphatic carbocycles. The lowest BCUT2D eigenvalue weighted by Crippen LogP contribution is -2.30. The fourth-order valence-corrected chi connectivity index (χ4v) is 2.40. The minimum atomic E-state index is 0.769. The molecular formula is C13H18N2O. The van der Waals surface area contributed by atoms with Crippen molar-refractivity contribution in [1.82, 2.24) is 5.32 Å². The van der Waals surface area contributed by atoms with Gasteiger partial charge in [-0.15, -0.1) is 0 Å². The molecule has 0 bridgehead atoms. The van der Waals surface area contributed by atoms with Gasteiger partial charge in [0.2, 0.25) is 0 Å². The highest BCUT2D eigenvalue weighted by Crippen LogP contribution is 2.36. The van der Waals surface area contributed by atoms with Crippen molar-refractivity contribution in [3.05, 3.63) is 23.8 Å². The minimum absolute atomic E-state index is 0.769. The van der Waals surface area contributed by atoms with Crippen molar-refractivity contribution in [1.29, 1.82) is 0 Å². The Morgan fingerprint density at radius 1 is 1.38 bits per heavy atom. The number of methoxy groups -OCH3 is 1. The first-order chi connectivity index (χ1) is 7.88. The summed E-state index contributed by atoms with van der Waals surface area (Å²) in [4.78, 5) is 2.54. The maximum Gasteiger partial charge on any atom is 0.120 e. The molecule has 1 saturated carbocycles. The van der Waals surface area contributed by atoms with Crippen LogP contribution in [0.4, 0.5) is 5.69 Å². The number of hydrogen-bond acceptors (Lipinski definition) is 3. The lowest BCUT2D eigenvalue weighted by Gasteiger charge is -2.24. The molecular weight excluding hydrogens is 200 g/mol. The number of hydrogen-bond donors (Lipinski definition) is 1. The summed E-state index contributed by atoms with van der Waals surface area (Å²) in [6.07, 6.45) is 2.69. The first-order valence-electron chi connectivity index (χ1n) is 6.03. The number of nitrogens with one attached hydrogen (secondary N) is 1. The molecule has 86 valence electrons. The summed E-state index contributed by atoms with van der Waals surface area (Å²) in [6.45, 7) is 3.17. The number of nitrogens with zero attached hydrogens (tertiary/aromatic N) is 1. The fraction of sp³-hybridized carbons (Fsp3) is 0.538. The van der Waals surface area contributed by atoms with Crippen LogP contribution in [0.3, 0.4) is 0 Å². The van der Waals surface area contributed by atoms with Gasteiger partial charge in [-0.1, -0.05) is 6.07 Å². The van der Waals surface area contributed by atoms with Gasteiger partial charge in [0.05, 0.1) is 7.11 Å². The van der Waals surface area contributed by atoms with Gasteiger partial charge in [-0.2, -0.15) is 0 Å². The molecule has 3 rings (SSSR count). The molecule has 0 unspecified atom stereocenters. The van der Waals surface area contributed by atoms with Crippen molar-refractivity contribution in [3.63, 3.8) is 0 Å². The SMILES string of the molecule is COc1ccc2c(c1)N(C1CC1)CCNC2. The molecule has 0 spiro atoms. The summed E-state index contributed by atoms with van der Waals surface area (Å²) in [5.41, 5.74) is 2.76. The largest absolute Gasteiger partial charge is 0.497 e. The van der Waals surface area contributed by atoms with Gasteiger partial charge in [0, 0.05) is 37.4 Å². The summed E-state index contributed by atoms with van der Waals surface area (Å²) >= 11 is 0. The van der Waals surface area contributed by atoms with E-state index in [0.717, 1.165) is 31.4 Å². The second-order valence-electron chi connectivity index (χ2n) is 4.60. The van der Waals surface area contributed by atoms with Crippen LogP contribution in [-0.2, 0) is 6.54 Å². The summed E-state index contributed by atoms with van der Waals surface area (Å²) in [7, 11) is 1.73. The van der Waals surface area contributed by atoms with Crippen LogP contribution < -0.4 is 15.0 Å². The van der Waals surface area contributed by atoms with Crippen LogP contribution in [0, 0.1) is 0 Å². The first-order valence-corrected chi connectivity index (χ1v) is 6.03. The van der Waals surface area contributed by atoms with Crippen LogP contribution in [0.2, 0.25) is 0 Å². The van der Waals surface area contributed by atoms with Crippen molar-refractivity contribution in [2.24, 2.45) is 0 Å². The summed E-state index contributed by atoms with van der Waals surface area (Å²) in [6, 6.07) is 7.19. The van der Waals surface area contributed by atoms with Gasteiger partial charge < -0.3 is 15.0 Å². The molecule has 16 heavy (non-hydrogen) atoms. The first kappa shape index (κ1) is 9.97. The van der Waals surface area contributed by atoms with E-state index < -0.39 is 0 Å². The fourth-order valence-electron chi connectivity index (χ4n) is 2.40. The van der Waals surface area contributed by atoms with E-state index in [1.807, 2.05) is 0 Å². The smallest absolute Gasteiger partial charge is 0.120 e. The number of anilines is 1. The molecule has 2 aliphatic rings. The molecule has 0 amide bonds. The Morgan fingerprint density at radius 3 is 3.00 bits per heavy atom. The van der Waals surface area contributed by atoms with E-state index in [2.05, 4.69) is 28.4 Å². The highest BCUT2D eigenvalue weighted by atomic mass is 16.5. The zero-order chi connectivity index (χ0) is 11.0. The van der Waals surface area contributed by atoms with Crippen molar-refractivity contribution < 1.29 is 4.74 Å². The van der Waals surface area contributed by atoms with Gasteiger partial charge >= 0.3 is 0 Å². The van der Waals surface area contributed by atoms with Crippen LogP contribution in [-0.4, -0.2) is 26.2 Å². The highest BCUT2D eigenvalue weighted by molar-refractivity contribution is 5.59. The number of rotatable bonds is 2. The maximum absolute atomic E-state index is 5.32. The van der Waals surface area contributed by atoms with Crippen LogP contribution in [0.25, 0.3) is 0 Å². The molecule has 0 atom stereocenters. The van der Waals surface area contributed by atoms with Gasteiger partial charge in [0.1, 0.15) is 5.75 Å². The Hall–Kier alpha value is -1.22. The van der Waals surface area contributed by atoms with E-state index in [4.69, 9.17) is 4.74 Å². The Balaban J connectivity index is 1.99. The van der Waals surface area contributed by atoms with E-state index in [9.17, 15) is 0 Å². The van der Waals surface area contributed by atoms with Crippen molar-refractivity contribution >= 4 is 5.69 Å². The zero-order valence-corrected chi connectivity index (χ0v) is 9.70. The Labute approximate surface area is 96.4 Å². The molecule has 0 saturated heterocycles. The van der Waals surface area contributed by atoms with Gasteiger partial charge in [-0.05, 0) is 24.5 Å². The quantitative estimate of drug-likeness (QED) is 0.818. The Kier molecular flexibility index (Phi) is 2.48. The van der Waals surface area contributed by atoms with Crippen molar-refractivity contribution in [3.8, 4) is 5.75 Å². The van der Waals surface area contributed by atoms with E-state index in [-0.39, 0.29) is 0 Å². The van der Waals surface area contributed by atoms with Gasteiger partial charge in [-0.25, -0.2) is 0 Å².